The molecule has 1 nitrogen and oxygen atoms in total. The molecule has 18 heavy (non-hydrogen) atoms. The van der Waals surface area contributed by atoms with E-state index in [1.165, 1.54) is 12.1 Å². The van der Waals surface area contributed by atoms with Crippen LogP contribution in [0.1, 0.15) is 16.0 Å². The average molecular weight is 330 g/mol. The fourth-order valence-electron chi connectivity index (χ4n) is 1.66. The van der Waals surface area contributed by atoms with Crippen molar-refractivity contribution in [2.45, 2.75) is 4.83 Å². The minimum atomic E-state index is -0.244. The van der Waals surface area contributed by atoms with Crippen molar-refractivity contribution in [3.8, 4) is 5.75 Å². The minimum Gasteiger partial charge on any atom is -0.495 e. The van der Waals surface area contributed by atoms with Gasteiger partial charge in [-0.05, 0) is 35.4 Å². The Bertz CT molecular complexity index is 542. The quantitative estimate of drug-likeness (QED) is 0.722. The topological polar surface area (TPSA) is 9.23 Å². The van der Waals surface area contributed by atoms with Crippen molar-refractivity contribution in [1.82, 2.24) is 0 Å². The van der Waals surface area contributed by atoms with Crippen molar-refractivity contribution in [3.05, 3.63) is 64.4 Å². The SMILES string of the molecule is COc1ccc(C(Br)c2ccc(F)cc2)cc1Cl. The lowest BCUT2D eigenvalue weighted by atomic mass is 10.0. The lowest BCUT2D eigenvalue weighted by Crippen LogP contribution is -1.94. The van der Waals surface area contributed by atoms with E-state index in [0.29, 0.717) is 10.8 Å². The predicted octanol–water partition coefficient (Wildman–Crippen LogP) is 4.97. The molecule has 0 saturated heterocycles. The molecule has 1 unspecified atom stereocenters. The lowest BCUT2D eigenvalue weighted by molar-refractivity contribution is 0.415. The summed E-state index contributed by atoms with van der Waals surface area (Å²) in [6.07, 6.45) is 0. The van der Waals surface area contributed by atoms with E-state index in [0.717, 1.165) is 11.1 Å². The smallest absolute Gasteiger partial charge is 0.137 e. The molecule has 0 bridgehead atoms. The zero-order chi connectivity index (χ0) is 13.1. The Kier molecular flexibility index (Phi) is 4.25. The van der Waals surface area contributed by atoms with Gasteiger partial charge in [-0.25, -0.2) is 4.39 Å². The summed E-state index contributed by atoms with van der Waals surface area (Å²) >= 11 is 9.66. The van der Waals surface area contributed by atoms with Crippen LogP contribution in [0, 0.1) is 5.82 Å². The van der Waals surface area contributed by atoms with Crippen LogP contribution in [0.2, 0.25) is 5.02 Å². The lowest BCUT2D eigenvalue weighted by Gasteiger charge is -2.12. The third-order valence-corrected chi connectivity index (χ3v) is 3.98. The molecule has 0 spiro atoms. The van der Waals surface area contributed by atoms with Gasteiger partial charge in [-0.1, -0.05) is 45.7 Å². The van der Waals surface area contributed by atoms with Gasteiger partial charge in [-0.2, -0.15) is 0 Å². The molecule has 1 atom stereocenters. The number of halogens is 3. The molecule has 0 heterocycles. The van der Waals surface area contributed by atoms with Crippen molar-refractivity contribution in [3.63, 3.8) is 0 Å². The zero-order valence-electron chi connectivity index (χ0n) is 9.66. The molecule has 0 radical (unpaired) electrons. The van der Waals surface area contributed by atoms with Crippen molar-refractivity contribution in [1.29, 1.82) is 0 Å². The Labute approximate surface area is 119 Å². The normalized spacial score (nSPS) is 12.2. The fourth-order valence-corrected chi connectivity index (χ4v) is 2.52. The second-order valence-electron chi connectivity index (χ2n) is 3.81. The number of ether oxygens (including phenoxy) is 1. The van der Waals surface area contributed by atoms with Gasteiger partial charge in [0.25, 0.3) is 0 Å². The predicted molar refractivity (Wildman–Crippen MR) is 75.2 cm³/mol. The number of hydrogen-bond donors (Lipinski definition) is 0. The van der Waals surface area contributed by atoms with E-state index in [-0.39, 0.29) is 10.6 Å². The van der Waals surface area contributed by atoms with Gasteiger partial charge >= 0.3 is 0 Å². The van der Waals surface area contributed by atoms with E-state index in [1.807, 2.05) is 18.2 Å². The minimum absolute atomic E-state index is 0.0264. The van der Waals surface area contributed by atoms with E-state index in [4.69, 9.17) is 16.3 Å². The van der Waals surface area contributed by atoms with Crippen molar-refractivity contribution in [2.75, 3.05) is 7.11 Å². The van der Waals surface area contributed by atoms with Gasteiger partial charge in [0.1, 0.15) is 11.6 Å². The molecule has 2 aromatic rings. The molecular formula is C14H11BrClFO. The Hall–Kier alpha value is -1.06. The van der Waals surface area contributed by atoms with E-state index < -0.39 is 0 Å². The van der Waals surface area contributed by atoms with Crippen molar-refractivity contribution < 1.29 is 9.13 Å². The summed E-state index contributed by atoms with van der Waals surface area (Å²) in [5, 5.41) is 0.557. The first-order chi connectivity index (χ1) is 8.61. The molecule has 0 aliphatic carbocycles. The van der Waals surface area contributed by atoms with Gasteiger partial charge in [0.15, 0.2) is 0 Å². The first-order valence-electron chi connectivity index (χ1n) is 5.35. The molecule has 2 aromatic carbocycles. The number of benzene rings is 2. The fraction of sp³-hybridized carbons (Fsp3) is 0.143. The second-order valence-corrected chi connectivity index (χ2v) is 5.13. The van der Waals surface area contributed by atoms with Gasteiger partial charge in [-0.3, -0.25) is 0 Å². The second kappa shape index (κ2) is 5.72. The Morgan fingerprint density at radius 3 is 2.28 bits per heavy atom. The van der Waals surface area contributed by atoms with Crippen molar-refractivity contribution in [2.24, 2.45) is 0 Å². The maximum Gasteiger partial charge on any atom is 0.137 e. The molecule has 0 N–H and O–H groups in total. The van der Waals surface area contributed by atoms with E-state index >= 15 is 0 Å². The summed E-state index contributed by atoms with van der Waals surface area (Å²) in [6.45, 7) is 0. The van der Waals surface area contributed by atoms with Gasteiger partial charge in [-0.15, -0.1) is 0 Å². The Morgan fingerprint density at radius 1 is 1.11 bits per heavy atom. The highest BCUT2D eigenvalue weighted by atomic mass is 79.9. The summed E-state index contributed by atoms with van der Waals surface area (Å²) in [7, 11) is 1.58. The van der Waals surface area contributed by atoms with Crippen LogP contribution in [-0.4, -0.2) is 7.11 Å². The van der Waals surface area contributed by atoms with Crippen LogP contribution in [0.3, 0.4) is 0 Å². The first-order valence-corrected chi connectivity index (χ1v) is 6.64. The molecular weight excluding hydrogens is 319 g/mol. The van der Waals surface area contributed by atoms with Crippen LogP contribution < -0.4 is 4.74 Å². The Morgan fingerprint density at radius 2 is 1.72 bits per heavy atom. The average Bonchev–Trinajstić information content (AvgIpc) is 2.38. The zero-order valence-corrected chi connectivity index (χ0v) is 12.0. The van der Waals surface area contributed by atoms with E-state index in [9.17, 15) is 4.39 Å². The van der Waals surface area contributed by atoms with Crippen LogP contribution in [0.5, 0.6) is 5.75 Å². The van der Waals surface area contributed by atoms with Crippen LogP contribution in [0.15, 0.2) is 42.5 Å². The van der Waals surface area contributed by atoms with Gasteiger partial charge in [0, 0.05) is 0 Å². The molecule has 0 fully saturated rings. The summed E-state index contributed by atoms with van der Waals surface area (Å²) in [5.41, 5.74) is 1.96. The number of alkyl halides is 1. The molecule has 0 amide bonds. The molecule has 0 aliphatic heterocycles. The number of hydrogen-bond acceptors (Lipinski definition) is 1. The summed E-state index contributed by atoms with van der Waals surface area (Å²) in [4.78, 5) is -0.0264. The van der Waals surface area contributed by atoms with Crippen LogP contribution in [-0.2, 0) is 0 Å². The highest BCUT2D eigenvalue weighted by Gasteiger charge is 2.12. The number of rotatable bonds is 3. The maximum absolute atomic E-state index is 12.9. The largest absolute Gasteiger partial charge is 0.495 e. The molecule has 0 saturated carbocycles. The maximum atomic E-state index is 12.9. The third kappa shape index (κ3) is 2.85. The molecule has 2 rings (SSSR count). The Balaban J connectivity index is 2.31. The van der Waals surface area contributed by atoms with Crippen LogP contribution in [0.25, 0.3) is 0 Å². The van der Waals surface area contributed by atoms with Gasteiger partial charge in [0.2, 0.25) is 0 Å². The summed E-state index contributed by atoms with van der Waals surface area (Å²) in [6, 6.07) is 11.9. The molecule has 4 heteroatoms. The molecule has 94 valence electrons. The van der Waals surface area contributed by atoms with Crippen LogP contribution in [0.4, 0.5) is 4.39 Å². The first kappa shape index (κ1) is 13.4. The van der Waals surface area contributed by atoms with Crippen molar-refractivity contribution >= 4 is 27.5 Å². The highest BCUT2D eigenvalue weighted by molar-refractivity contribution is 9.09. The standard InChI is InChI=1S/C14H11BrClFO/c1-18-13-7-4-10(8-12(13)16)14(15)9-2-5-11(17)6-3-9/h2-8,14H,1H3. The van der Waals surface area contributed by atoms with E-state index in [2.05, 4.69) is 15.9 Å². The molecule has 0 aromatic heterocycles. The monoisotopic (exact) mass is 328 g/mol. The third-order valence-electron chi connectivity index (χ3n) is 2.63. The van der Waals surface area contributed by atoms with Gasteiger partial charge < -0.3 is 4.74 Å². The summed E-state index contributed by atoms with van der Waals surface area (Å²) < 4.78 is 18.0. The highest BCUT2D eigenvalue weighted by Crippen LogP contribution is 2.35. The van der Waals surface area contributed by atoms with Crippen LogP contribution >= 0.6 is 27.5 Å². The summed E-state index contributed by atoms with van der Waals surface area (Å²) in [5.74, 6) is 0.394. The molecule has 0 aliphatic rings. The van der Waals surface area contributed by atoms with E-state index in [1.54, 1.807) is 19.2 Å². The number of methoxy groups -OCH3 is 1. The van der Waals surface area contributed by atoms with Gasteiger partial charge in [0.05, 0.1) is 17.0 Å².